The van der Waals surface area contributed by atoms with Gasteiger partial charge in [-0.15, -0.1) is 11.3 Å². The maximum absolute atomic E-state index is 9.62. The summed E-state index contributed by atoms with van der Waals surface area (Å²) in [6.45, 7) is 0. The van der Waals surface area contributed by atoms with Gasteiger partial charge in [-0.3, -0.25) is 0 Å². The monoisotopic (exact) mass is 716 g/mol. The molecule has 0 fully saturated rings. The molecular weight excluding hydrogens is 679 g/mol. The number of aromatic nitrogens is 3. The Morgan fingerprint density at radius 1 is 0.463 bits per heavy atom. The summed E-state index contributed by atoms with van der Waals surface area (Å²) in [5, 5.41) is 1.95. The molecule has 252 valence electrons. The van der Waals surface area contributed by atoms with E-state index in [2.05, 4.69) is 18.2 Å². The van der Waals surface area contributed by atoms with Gasteiger partial charge in [-0.25, -0.2) is 15.0 Å². The molecule has 0 saturated carbocycles. The van der Waals surface area contributed by atoms with Crippen molar-refractivity contribution in [2.75, 3.05) is 0 Å². The Hall–Kier alpha value is -6.95. The third kappa shape index (κ3) is 5.09. The van der Waals surface area contributed by atoms with E-state index in [9.17, 15) is 4.11 Å². The predicted octanol–water partition coefficient (Wildman–Crippen LogP) is 13.6. The van der Waals surface area contributed by atoms with E-state index < -0.39 is 24.2 Å². The Labute approximate surface area is 327 Å². The van der Waals surface area contributed by atoms with Gasteiger partial charge in [-0.2, -0.15) is 0 Å². The molecule has 0 bridgehead atoms. The fourth-order valence-electron chi connectivity index (χ4n) is 7.03. The Kier molecular flexibility index (Phi) is 5.22. The standard InChI is InChI=1S/C49H29N3OS/c1-3-10-30(11-4-1)31-18-20-34(21-19-31)47-50-48(35-24-27-41-43(28-35)53-42-17-9-16-37(45(41)42)32-12-5-2-6-13-32)52-49(51-47)36-23-25-39-40-26-22-33-14-7-8-15-38(33)46(40)54-44(39)29-36/h1-29H/i7D,8D,14D,15D,22D,23D,25D,26D,29D. The summed E-state index contributed by atoms with van der Waals surface area (Å²) >= 11 is 0.988. The highest BCUT2D eigenvalue weighted by Crippen LogP contribution is 2.41. The van der Waals surface area contributed by atoms with Crippen molar-refractivity contribution in [1.82, 2.24) is 15.0 Å². The lowest BCUT2D eigenvalue weighted by Crippen LogP contribution is -2.00. The average Bonchev–Trinajstić information content (AvgIpc) is 3.91. The molecule has 0 spiro atoms. The van der Waals surface area contributed by atoms with E-state index in [0.29, 0.717) is 22.3 Å². The van der Waals surface area contributed by atoms with E-state index in [1.165, 1.54) is 0 Å². The molecule has 8 aromatic carbocycles. The van der Waals surface area contributed by atoms with Gasteiger partial charge < -0.3 is 4.42 Å². The topological polar surface area (TPSA) is 51.8 Å². The number of rotatable bonds is 5. The normalized spacial score (nSPS) is 14.0. The molecule has 0 saturated heterocycles. The first-order chi connectivity index (χ1) is 30.5. The quantitative estimate of drug-likeness (QED) is 0.178. The van der Waals surface area contributed by atoms with Crippen LogP contribution in [-0.2, 0) is 0 Å². The summed E-state index contributed by atoms with van der Waals surface area (Å²) in [6, 6.07) is 35.9. The lowest BCUT2D eigenvalue weighted by Gasteiger charge is -2.09. The number of thiophene rings is 1. The largest absolute Gasteiger partial charge is 0.456 e. The first-order valence-corrected chi connectivity index (χ1v) is 18.1. The minimum atomic E-state index is -0.522. The van der Waals surface area contributed by atoms with Crippen LogP contribution in [0.5, 0.6) is 0 Å². The molecule has 0 aliphatic carbocycles. The zero-order chi connectivity index (χ0) is 43.4. The minimum absolute atomic E-state index is 0.0277. The molecule has 0 N–H and O–H groups in total. The molecule has 3 heterocycles. The molecule has 11 rings (SSSR count). The summed E-state index contributed by atoms with van der Waals surface area (Å²) in [5.41, 5.74) is 6.60. The van der Waals surface area contributed by atoms with Crippen molar-refractivity contribution >= 4 is 64.2 Å². The number of fused-ring (bicyclic) bond motifs is 8. The second-order valence-electron chi connectivity index (χ2n) is 12.9. The van der Waals surface area contributed by atoms with Gasteiger partial charge in [0.15, 0.2) is 17.5 Å². The number of hydrogen-bond donors (Lipinski definition) is 0. The third-order valence-electron chi connectivity index (χ3n) is 9.64. The Morgan fingerprint density at radius 3 is 1.94 bits per heavy atom. The molecule has 0 unspecified atom stereocenters. The number of furan rings is 1. The highest BCUT2D eigenvalue weighted by molar-refractivity contribution is 7.26. The van der Waals surface area contributed by atoms with Gasteiger partial charge >= 0.3 is 0 Å². The van der Waals surface area contributed by atoms with Gasteiger partial charge in [0, 0.05) is 47.6 Å². The van der Waals surface area contributed by atoms with Crippen molar-refractivity contribution in [2.45, 2.75) is 0 Å². The summed E-state index contributed by atoms with van der Waals surface area (Å²) in [5.74, 6) is 0.477. The summed E-state index contributed by atoms with van der Waals surface area (Å²) in [6.07, 6.45) is 0. The highest BCUT2D eigenvalue weighted by Gasteiger charge is 2.18. The van der Waals surface area contributed by atoms with Crippen molar-refractivity contribution < 1.29 is 16.8 Å². The molecule has 0 amide bonds. The first-order valence-electron chi connectivity index (χ1n) is 21.8. The van der Waals surface area contributed by atoms with Crippen LogP contribution in [0.2, 0.25) is 0 Å². The number of nitrogens with zero attached hydrogens (tertiary/aromatic N) is 3. The van der Waals surface area contributed by atoms with Crippen molar-refractivity contribution in [2.24, 2.45) is 0 Å². The van der Waals surface area contributed by atoms with Crippen molar-refractivity contribution in [3.8, 4) is 56.4 Å². The van der Waals surface area contributed by atoms with E-state index in [-0.39, 0.29) is 84.2 Å². The van der Waals surface area contributed by atoms with E-state index >= 15 is 0 Å². The van der Waals surface area contributed by atoms with Crippen LogP contribution >= 0.6 is 11.3 Å². The van der Waals surface area contributed by atoms with Crippen LogP contribution in [0.4, 0.5) is 0 Å². The van der Waals surface area contributed by atoms with Crippen LogP contribution in [0.25, 0.3) is 109 Å². The summed E-state index contributed by atoms with van der Waals surface area (Å²) < 4.78 is 87.0. The smallest absolute Gasteiger partial charge is 0.164 e. The number of benzene rings is 8. The van der Waals surface area contributed by atoms with Crippen LogP contribution in [0.1, 0.15) is 12.3 Å². The fourth-order valence-corrected chi connectivity index (χ4v) is 8.15. The highest BCUT2D eigenvalue weighted by atomic mass is 32.1. The average molecular weight is 717 g/mol. The Morgan fingerprint density at radius 2 is 1.13 bits per heavy atom. The Balaban J connectivity index is 1.15. The van der Waals surface area contributed by atoms with Gasteiger partial charge in [0.25, 0.3) is 0 Å². The second kappa shape index (κ2) is 12.3. The minimum Gasteiger partial charge on any atom is -0.456 e. The van der Waals surface area contributed by atoms with Gasteiger partial charge in [0.05, 0.1) is 12.3 Å². The lowest BCUT2D eigenvalue weighted by molar-refractivity contribution is 0.669. The molecule has 0 aliphatic rings. The molecule has 0 aliphatic heterocycles. The summed E-state index contributed by atoms with van der Waals surface area (Å²) in [7, 11) is 0. The van der Waals surface area contributed by atoms with Crippen molar-refractivity contribution in [3.05, 3.63) is 176 Å². The van der Waals surface area contributed by atoms with Crippen LogP contribution in [0.15, 0.2) is 180 Å². The molecule has 54 heavy (non-hydrogen) atoms. The van der Waals surface area contributed by atoms with Gasteiger partial charge in [0.2, 0.25) is 0 Å². The molecule has 4 nitrogen and oxygen atoms in total. The third-order valence-corrected chi connectivity index (χ3v) is 10.8. The summed E-state index contributed by atoms with van der Waals surface area (Å²) in [4.78, 5) is 14.7. The fraction of sp³-hybridized carbons (Fsp3) is 0. The van der Waals surface area contributed by atoms with Crippen LogP contribution in [0, 0.1) is 0 Å². The Bertz CT molecular complexity index is 3730. The van der Waals surface area contributed by atoms with E-state index in [1.54, 1.807) is 0 Å². The van der Waals surface area contributed by atoms with Crippen LogP contribution < -0.4 is 0 Å². The van der Waals surface area contributed by atoms with Gasteiger partial charge in [0.1, 0.15) is 11.2 Å². The zero-order valence-electron chi connectivity index (χ0n) is 37.2. The van der Waals surface area contributed by atoms with Gasteiger partial charge in [-0.1, -0.05) is 151 Å². The molecule has 5 heteroatoms. The second-order valence-corrected chi connectivity index (χ2v) is 13.9. The van der Waals surface area contributed by atoms with Crippen molar-refractivity contribution in [1.29, 1.82) is 0 Å². The van der Waals surface area contributed by atoms with Crippen LogP contribution in [-0.4, -0.2) is 15.0 Å². The molecule has 11 aromatic rings. The SMILES string of the molecule is [2H]c1c([2H])c([2H])c2c(c1[2H])c([2H])c([2H])c1c2sc2c([2H])c(-c3nc(-c4ccc(-c5ccccc5)cc4)nc(-c4ccc5c(c4)oc4cccc(-c6ccccc6)c45)n3)c([2H])c([2H])c21. The van der Waals surface area contributed by atoms with Crippen molar-refractivity contribution in [3.63, 3.8) is 0 Å². The maximum Gasteiger partial charge on any atom is 0.164 e. The maximum atomic E-state index is 9.62. The molecule has 0 atom stereocenters. The number of hydrogen-bond acceptors (Lipinski definition) is 5. The lowest BCUT2D eigenvalue weighted by atomic mass is 9.99. The van der Waals surface area contributed by atoms with E-state index in [1.807, 2.05) is 103 Å². The predicted molar refractivity (Wildman–Crippen MR) is 225 cm³/mol. The van der Waals surface area contributed by atoms with Gasteiger partial charge in [-0.05, 0) is 57.3 Å². The van der Waals surface area contributed by atoms with E-state index in [0.717, 1.165) is 44.4 Å². The molecule has 3 aromatic heterocycles. The zero-order valence-corrected chi connectivity index (χ0v) is 29.0. The molecular formula is C49H29N3OS. The molecule has 0 radical (unpaired) electrons. The first kappa shape index (κ1) is 22.9. The van der Waals surface area contributed by atoms with Crippen LogP contribution in [0.3, 0.4) is 0 Å². The van der Waals surface area contributed by atoms with E-state index in [4.69, 9.17) is 27.6 Å².